The van der Waals surface area contributed by atoms with Gasteiger partial charge in [-0.2, -0.15) is 11.8 Å². The van der Waals surface area contributed by atoms with E-state index in [1.807, 2.05) is 23.9 Å². The highest BCUT2D eigenvalue weighted by molar-refractivity contribution is 7.99. The lowest BCUT2D eigenvalue weighted by molar-refractivity contribution is 0.0757. The normalized spacial score (nSPS) is 20.5. The van der Waals surface area contributed by atoms with Crippen LogP contribution in [-0.2, 0) is 0 Å². The van der Waals surface area contributed by atoms with Crippen LogP contribution >= 0.6 is 23.4 Å². The molecule has 1 atom stereocenters. The Morgan fingerprint density at radius 3 is 2.58 bits per heavy atom. The monoisotopic (exact) mass is 298 g/mol. The maximum absolute atomic E-state index is 6.33. The van der Waals surface area contributed by atoms with Crippen LogP contribution in [0.5, 0.6) is 0 Å². The molecule has 106 valence electrons. The maximum atomic E-state index is 6.33. The number of thioether (sulfide) groups is 1. The first-order valence-electron chi connectivity index (χ1n) is 6.86. The summed E-state index contributed by atoms with van der Waals surface area (Å²) in [4.78, 5) is 2.44. The van der Waals surface area contributed by atoms with Gasteiger partial charge in [0.25, 0.3) is 0 Å². The number of rotatable bonds is 4. The summed E-state index contributed by atoms with van der Waals surface area (Å²) in [7, 11) is 2.19. The van der Waals surface area contributed by atoms with E-state index in [9.17, 15) is 0 Å². The van der Waals surface area contributed by atoms with Crippen LogP contribution < -0.4 is 5.73 Å². The van der Waals surface area contributed by atoms with Crippen molar-refractivity contribution in [1.29, 1.82) is 0 Å². The van der Waals surface area contributed by atoms with E-state index in [1.165, 1.54) is 29.9 Å². The Morgan fingerprint density at radius 1 is 1.37 bits per heavy atom. The Kier molecular flexibility index (Phi) is 5.18. The van der Waals surface area contributed by atoms with Gasteiger partial charge in [0.2, 0.25) is 0 Å². The van der Waals surface area contributed by atoms with Gasteiger partial charge in [0.15, 0.2) is 0 Å². The van der Waals surface area contributed by atoms with Gasteiger partial charge >= 0.3 is 0 Å². The third-order valence-corrected chi connectivity index (χ3v) is 5.82. The Balaban J connectivity index is 2.22. The molecule has 1 aliphatic heterocycles. The summed E-state index contributed by atoms with van der Waals surface area (Å²) in [5.74, 6) is 2.41. The first-order chi connectivity index (χ1) is 9.10. The predicted octanol–water partition coefficient (Wildman–Crippen LogP) is 3.56. The fourth-order valence-corrected chi connectivity index (χ4v) is 4.43. The quantitative estimate of drug-likeness (QED) is 0.921. The standard InChI is InChI=1S/C15H23ClN2S/c1-12(13-5-3-4-6-14(13)16)18(2)15(11-17)7-9-19-10-8-15/h3-6,12H,7-11,17H2,1-2H3. The molecular weight excluding hydrogens is 276 g/mol. The van der Waals surface area contributed by atoms with Crippen molar-refractivity contribution in [2.45, 2.75) is 31.3 Å². The molecule has 0 aliphatic carbocycles. The number of benzene rings is 1. The molecule has 0 bridgehead atoms. The first-order valence-corrected chi connectivity index (χ1v) is 8.39. The van der Waals surface area contributed by atoms with E-state index >= 15 is 0 Å². The molecule has 0 aromatic heterocycles. The van der Waals surface area contributed by atoms with Crippen molar-refractivity contribution in [3.05, 3.63) is 34.9 Å². The second-order valence-electron chi connectivity index (χ2n) is 5.35. The Morgan fingerprint density at radius 2 is 2.00 bits per heavy atom. The highest BCUT2D eigenvalue weighted by Gasteiger charge is 2.37. The van der Waals surface area contributed by atoms with Gasteiger partial charge in [0.1, 0.15) is 0 Å². The van der Waals surface area contributed by atoms with Crippen molar-refractivity contribution in [2.24, 2.45) is 5.73 Å². The molecule has 1 aromatic rings. The minimum absolute atomic E-state index is 0.129. The summed E-state index contributed by atoms with van der Waals surface area (Å²) in [6.07, 6.45) is 2.33. The van der Waals surface area contributed by atoms with Gasteiger partial charge in [-0.05, 0) is 49.9 Å². The number of hydrogen-bond acceptors (Lipinski definition) is 3. The molecule has 1 aliphatic rings. The second kappa shape index (κ2) is 6.49. The van der Waals surface area contributed by atoms with E-state index in [4.69, 9.17) is 17.3 Å². The van der Waals surface area contributed by atoms with Crippen LogP contribution in [0.1, 0.15) is 31.4 Å². The smallest absolute Gasteiger partial charge is 0.0453 e. The molecule has 1 aromatic carbocycles. The number of nitrogens with two attached hydrogens (primary N) is 1. The molecule has 2 N–H and O–H groups in total. The summed E-state index contributed by atoms with van der Waals surface area (Å²) in [6, 6.07) is 8.41. The zero-order valence-electron chi connectivity index (χ0n) is 11.7. The van der Waals surface area contributed by atoms with E-state index in [0.717, 1.165) is 11.6 Å². The maximum Gasteiger partial charge on any atom is 0.0453 e. The van der Waals surface area contributed by atoms with Crippen molar-refractivity contribution < 1.29 is 0 Å². The van der Waals surface area contributed by atoms with Crippen LogP contribution in [-0.4, -0.2) is 35.5 Å². The van der Waals surface area contributed by atoms with E-state index in [1.54, 1.807) is 0 Å². The lowest BCUT2D eigenvalue weighted by Crippen LogP contribution is -2.54. The van der Waals surface area contributed by atoms with Crippen LogP contribution in [0.4, 0.5) is 0 Å². The number of halogens is 1. The van der Waals surface area contributed by atoms with Crippen LogP contribution in [0.25, 0.3) is 0 Å². The van der Waals surface area contributed by atoms with Crippen molar-refractivity contribution in [3.63, 3.8) is 0 Å². The van der Waals surface area contributed by atoms with E-state index in [-0.39, 0.29) is 5.54 Å². The molecule has 2 nitrogen and oxygen atoms in total. The fraction of sp³-hybridized carbons (Fsp3) is 0.600. The van der Waals surface area contributed by atoms with Crippen LogP contribution in [0.3, 0.4) is 0 Å². The van der Waals surface area contributed by atoms with Gasteiger partial charge in [-0.25, -0.2) is 0 Å². The van der Waals surface area contributed by atoms with Gasteiger partial charge < -0.3 is 5.73 Å². The average molecular weight is 299 g/mol. The van der Waals surface area contributed by atoms with Gasteiger partial charge in [-0.1, -0.05) is 29.8 Å². The Hall–Kier alpha value is -0.220. The van der Waals surface area contributed by atoms with E-state index in [0.29, 0.717) is 6.04 Å². The van der Waals surface area contributed by atoms with Gasteiger partial charge in [0.05, 0.1) is 0 Å². The SMILES string of the molecule is CC(c1ccccc1Cl)N(C)C1(CN)CCSCC1. The highest BCUT2D eigenvalue weighted by Crippen LogP contribution is 2.37. The summed E-state index contributed by atoms with van der Waals surface area (Å²) in [6.45, 7) is 2.94. The van der Waals surface area contributed by atoms with Crippen molar-refractivity contribution in [2.75, 3.05) is 25.1 Å². The summed E-state index contributed by atoms with van der Waals surface area (Å²) >= 11 is 8.36. The molecule has 2 rings (SSSR count). The van der Waals surface area contributed by atoms with Crippen molar-refractivity contribution in [3.8, 4) is 0 Å². The van der Waals surface area contributed by atoms with Crippen molar-refractivity contribution in [1.82, 2.24) is 4.90 Å². The van der Waals surface area contributed by atoms with Gasteiger partial charge in [0, 0.05) is 23.1 Å². The number of nitrogens with zero attached hydrogens (tertiary/aromatic N) is 1. The van der Waals surface area contributed by atoms with Gasteiger partial charge in [-0.15, -0.1) is 0 Å². The third kappa shape index (κ3) is 3.10. The fourth-order valence-electron chi connectivity index (χ4n) is 2.89. The number of hydrogen-bond donors (Lipinski definition) is 1. The number of likely N-dealkylation sites (N-methyl/N-ethyl adjacent to an activating group) is 1. The topological polar surface area (TPSA) is 29.3 Å². The molecule has 1 saturated heterocycles. The first kappa shape index (κ1) is 15.2. The second-order valence-corrected chi connectivity index (χ2v) is 6.98. The third-order valence-electron chi connectivity index (χ3n) is 4.49. The summed E-state index contributed by atoms with van der Waals surface area (Å²) in [5, 5.41) is 0.846. The lowest BCUT2D eigenvalue weighted by Gasteiger charge is -2.47. The lowest BCUT2D eigenvalue weighted by atomic mass is 9.88. The van der Waals surface area contributed by atoms with Crippen LogP contribution in [0, 0.1) is 0 Å². The summed E-state index contributed by atoms with van der Waals surface area (Å²) < 4.78 is 0. The molecule has 0 radical (unpaired) electrons. The highest BCUT2D eigenvalue weighted by atomic mass is 35.5. The predicted molar refractivity (Wildman–Crippen MR) is 86.0 cm³/mol. The minimum atomic E-state index is 0.129. The summed E-state index contributed by atoms with van der Waals surface area (Å²) in [5.41, 5.74) is 7.43. The largest absolute Gasteiger partial charge is 0.329 e. The van der Waals surface area contributed by atoms with E-state index < -0.39 is 0 Å². The molecule has 19 heavy (non-hydrogen) atoms. The van der Waals surface area contributed by atoms with Crippen molar-refractivity contribution >= 4 is 23.4 Å². The molecule has 0 amide bonds. The Bertz CT molecular complexity index is 418. The molecule has 1 unspecified atom stereocenters. The average Bonchev–Trinajstić information content (AvgIpc) is 2.47. The Labute approximate surface area is 125 Å². The van der Waals surface area contributed by atoms with Crippen LogP contribution in [0.2, 0.25) is 5.02 Å². The molecule has 1 heterocycles. The zero-order valence-corrected chi connectivity index (χ0v) is 13.3. The molecule has 0 spiro atoms. The van der Waals surface area contributed by atoms with Crippen LogP contribution in [0.15, 0.2) is 24.3 Å². The molecule has 1 fully saturated rings. The van der Waals surface area contributed by atoms with E-state index in [2.05, 4.69) is 31.0 Å². The molecule has 0 saturated carbocycles. The zero-order chi connectivity index (χ0) is 13.9. The van der Waals surface area contributed by atoms with Gasteiger partial charge in [-0.3, -0.25) is 4.90 Å². The minimum Gasteiger partial charge on any atom is -0.329 e. The molecule has 4 heteroatoms. The molecular formula is C15H23ClN2S.